The number of benzene rings is 1. The van der Waals surface area contributed by atoms with Crippen molar-refractivity contribution in [3.05, 3.63) is 27.2 Å². The Labute approximate surface area is 95.8 Å². The predicted octanol–water partition coefficient (Wildman–Crippen LogP) is 3.55. The summed E-state index contributed by atoms with van der Waals surface area (Å²) in [5.74, 6) is 0.267. The monoisotopic (exact) mass is 273 g/mol. The fraction of sp³-hybridized carbons (Fsp3) is 0.300. The highest BCUT2D eigenvalue weighted by atomic mass is 79.9. The maximum Gasteiger partial charge on any atom is 0.225 e. The molecule has 14 heavy (non-hydrogen) atoms. The van der Waals surface area contributed by atoms with Crippen molar-refractivity contribution >= 4 is 39.1 Å². The molecule has 4 heteroatoms. The highest BCUT2D eigenvalue weighted by molar-refractivity contribution is 9.10. The molecule has 0 fully saturated rings. The maximum absolute atomic E-state index is 11.3. The molecule has 1 aromatic carbocycles. The lowest BCUT2D eigenvalue weighted by molar-refractivity contribution is -0.116. The number of carbonyl (C=O) groups is 1. The topological polar surface area (TPSA) is 29.1 Å². The Kier molecular flexibility index (Phi) is 2.54. The van der Waals surface area contributed by atoms with Crippen LogP contribution in [0.5, 0.6) is 0 Å². The van der Waals surface area contributed by atoms with E-state index in [1.807, 2.05) is 13.0 Å². The fourth-order valence-corrected chi connectivity index (χ4v) is 2.57. The molecule has 0 aliphatic carbocycles. The molecule has 0 spiro atoms. The van der Waals surface area contributed by atoms with Crippen molar-refractivity contribution in [1.82, 2.24) is 0 Å². The number of anilines is 1. The SMILES string of the molecule is C[C@@H]1CC(=O)Nc2c(Cl)cc(Br)cc21. The smallest absolute Gasteiger partial charge is 0.225 e. The number of hydrogen-bond donors (Lipinski definition) is 1. The molecule has 2 rings (SSSR count). The molecule has 1 heterocycles. The van der Waals surface area contributed by atoms with E-state index in [2.05, 4.69) is 21.2 Å². The summed E-state index contributed by atoms with van der Waals surface area (Å²) in [7, 11) is 0. The van der Waals surface area contributed by atoms with Gasteiger partial charge in [-0.15, -0.1) is 0 Å². The molecule has 0 saturated heterocycles. The number of nitrogens with one attached hydrogen (secondary N) is 1. The predicted molar refractivity (Wildman–Crippen MR) is 60.8 cm³/mol. The summed E-state index contributed by atoms with van der Waals surface area (Å²) < 4.78 is 0.948. The van der Waals surface area contributed by atoms with Gasteiger partial charge in [-0.3, -0.25) is 4.79 Å². The van der Waals surface area contributed by atoms with Gasteiger partial charge in [0.25, 0.3) is 0 Å². The molecule has 2 nitrogen and oxygen atoms in total. The van der Waals surface area contributed by atoms with Crippen molar-refractivity contribution in [2.45, 2.75) is 19.3 Å². The first-order chi connectivity index (χ1) is 6.58. The average Bonchev–Trinajstić information content (AvgIpc) is 2.07. The summed E-state index contributed by atoms with van der Waals surface area (Å²) in [4.78, 5) is 11.3. The van der Waals surface area contributed by atoms with Crippen molar-refractivity contribution in [3.8, 4) is 0 Å². The molecule has 1 atom stereocenters. The zero-order chi connectivity index (χ0) is 10.3. The quantitative estimate of drug-likeness (QED) is 0.770. The van der Waals surface area contributed by atoms with Crippen LogP contribution in [0.2, 0.25) is 5.02 Å². The molecule has 74 valence electrons. The maximum atomic E-state index is 11.3. The minimum atomic E-state index is 0.0363. The lowest BCUT2D eigenvalue weighted by atomic mass is 9.92. The van der Waals surface area contributed by atoms with Gasteiger partial charge in [-0.2, -0.15) is 0 Å². The summed E-state index contributed by atoms with van der Waals surface area (Å²) in [6.07, 6.45) is 0.528. The van der Waals surface area contributed by atoms with Gasteiger partial charge in [-0.25, -0.2) is 0 Å². The van der Waals surface area contributed by atoms with E-state index in [9.17, 15) is 4.79 Å². The summed E-state index contributed by atoms with van der Waals surface area (Å²) >= 11 is 9.42. The number of carbonyl (C=O) groups excluding carboxylic acids is 1. The van der Waals surface area contributed by atoms with Gasteiger partial charge in [-0.1, -0.05) is 34.5 Å². The molecule has 0 saturated carbocycles. The Morgan fingerprint density at radius 3 is 3.00 bits per heavy atom. The van der Waals surface area contributed by atoms with Crippen LogP contribution in [-0.2, 0) is 4.79 Å². The molecule has 1 N–H and O–H groups in total. The van der Waals surface area contributed by atoms with Crippen molar-refractivity contribution in [1.29, 1.82) is 0 Å². The normalized spacial score (nSPS) is 20.2. The van der Waals surface area contributed by atoms with Crippen LogP contribution in [0.15, 0.2) is 16.6 Å². The van der Waals surface area contributed by atoms with Crippen LogP contribution in [0.1, 0.15) is 24.8 Å². The van der Waals surface area contributed by atoms with E-state index in [4.69, 9.17) is 11.6 Å². The van der Waals surface area contributed by atoms with E-state index >= 15 is 0 Å². The highest BCUT2D eigenvalue weighted by Crippen LogP contribution is 2.38. The van der Waals surface area contributed by atoms with Crippen LogP contribution in [0.4, 0.5) is 5.69 Å². The lowest BCUT2D eigenvalue weighted by Crippen LogP contribution is -2.21. The first-order valence-corrected chi connectivity index (χ1v) is 5.54. The van der Waals surface area contributed by atoms with Gasteiger partial charge >= 0.3 is 0 Å². The van der Waals surface area contributed by atoms with Gasteiger partial charge in [0.15, 0.2) is 0 Å². The second-order valence-electron chi connectivity index (χ2n) is 3.51. The second-order valence-corrected chi connectivity index (χ2v) is 4.83. The summed E-state index contributed by atoms with van der Waals surface area (Å²) in [5.41, 5.74) is 1.86. The number of hydrogen-bond acceptors (Lipinski definition) is 1. The molecule has 0 aromatic heterocycles. The molecule has 1 amide bonds. The first kappa shape index (κ1) is 9.99. The van der Waals surface area contributed by atoms with Crippen LogP contribution in [-0.4, -0.2) is 5.91 Å². The number of halogens is 2. The molecule has 0 bridgehead atoms. The van der Waals surface area contributed by atoms with Crippen molar-refractivity contribution < 1.29 is 4.79 Å². The third kappa shape index (κ3) is 1.66. The minimum absolute atomic E-state index is 0.0363. The van der Waals surface area contributed by atoms with Crippen LogP contribution in [0, 0.1) is 0 Å². The number of rotatable bonds is 0. The average molecular weight is 275 g/mol. The lowest BCUT2D eigenvalue weighted by Gasteiger charge is -2.23. The van der Waals surface area contributed by atoms with Crippen molar-refractivity contribution in [2.75, 3.05) is 5.32 Å². The standard InChI is InChI=1S/C10H9BrClNO/c1-5-2-9(14)13-10-7(5)3-6(11)4-8(10)12/h3-5H,2H2,1H3,(H,13,14)/t5-/m1/s1. The second kappa shape index (κ2) is 3.55. The summed E-state index contributed by atoms with van der Waals surface area (Å²) in [6.45, 7) is 2.03. The van der Waals surface area contributed by atoms with E-state index < -0.39 is 0 Å². The molecule has 0 radical (unpaired) electrons. The molecule has 0 unspecified atom stereocenters. The zero-order valence-electron chi connectivity index (χ0n) is 7.60. The highest BCUT2D eigenvalue weighted by Gasteiger charge is 2.23. The molecule has 1 aliphatic rings. The summed E-state index contributed by atoms with van der Waals surface area (Å²) in [5, 5.41) is 3.39. The van der Waals surface area contributed by atoms with Crippen LogP contribution < -0.4 is 5.32 Å². The van der Waals surface area contributed by atoms with E-state index in [1.54, 1.807) is 6.07 Å². The third-order valence-electron chi connectivity index (χ3n) is 2.37. The van der Waals surface area contributed by atoms with Gasteiger partial charge in [0.1, 0.15) is 0 Å². The molecular formula is C10H9BrClNO. The van der Waals surface area contributed by atoms with E-state index in [-0.39, 0.29) is 11.8 Å². The zero-order valence-corrected chi connectivity index (χ0v) is 9.95. The Hall–Kier alpha value is -0.540. The van der Waals surface area contributed by atoms with Gasteiger partial charge in [0, 0.05) is 10.9 Å². The van der Waals surface area contributed by atoms with Crippen molar-refractivity contribution in [2.24, 2.45) is 0 Å². The van der Waals surface area contributed by atoms with Gasteiger partial charge in [0.05, 0.1) is 10.7 Å². The molecule has 1 aliphatic heterocycles. The van der Waals surface area contributed by atoms with Gasteiger partial charge in [0.2, 0.25) is 5.91 Å². The van der Waals surface area contributed by atoms with Gasteiger partial charge < -0.3 is 5.32 Å². The number of amides is 1. The van der Waals surface area contributed by atoms with Crippen LogP contribution >= 0.6 is 27.5 Å². The minimum Gasteiger partial charge on any atom is -0.325 e. The van der Waals surface area contributed by atoms with Crippen LogP contribution in [0.3, 0.4) is 0 Å². The summed E-state index contributed by atoms with van der Waals surface area (Å²) in [6, 6.07) is 3.80. The van der Waals surface area contributed by atoms with E-state index in [0.29, 0.717) is 11.4 Å². The van der Waals surface area contributed by atoms with E-state index in [0.717, 1.165) is 15.7 Å². The Morgan fingerprint density at radius 2 is 2.29 bits per heavy atom. The molecular weight excluding hydrogens is 265 g/mol. The van der Waals surface area contributed by atoms with Crippen molar-refractivity contribution in [3.63, 3.8) is 0 Å². The van der Waals surface area contributed by atoms with Crippen LogP contribution in [0.25, 0.3) is 0 Å². The Morgan fingerprint density at radius 1 is 1.57 bits per heavy atom. The molecule has 1 aromatic rings. The third-order valence-corrected chi connectivity index (χ3v) is 3.13. The number of fused-ring (bicyclic) bond motifs is 1. The van der Waals surface area contributed by atoms with E-state index in [1.165, 1.54) is 0 Å². The fourth-order valence-electron chi connectivity index (χ4n) is 1.69. The Balaban J connectivity index is 2.58. The Bertz CT molecular complexity index is 405. The largest absolute Gasteiger partial charge is 0.325 e. The van der Waals surface area contributed by atoms with Gasteiger partial charge in [-0.05, 0) is 23.6 Å². The first-order valence-electron chi connectivity index (χ1n) is 4.36.